The molecule has 0 aliphatic carbocycles. The predicted molar refractivity (Wildman–Crippen MR) is 49.8 cm³/mol. The van der Waals surface area contributed by atoms with E-state index in [0.29, 0.717) is 10.0 Å². The van der Waals surface area contributed by atoms with Gasteiger partial charge in [-0.05, 0) is 22.0 Å². The molecule has 4 heteroatoms. The standard InChI is InChI=1S/C8H10BrNO2/c9-6-3-1-2-5(8(6)12)7(10)4-11/h1-3,7,11-12H,4,10H2. The maximum absolute atomic E-state index is 9.46. The molecule has 0 radical (unpaired) electrons. The van der Waals surface area contributed by atoms with Gasteiger partial charge in [0.15, 0.2) is 0 Å². The van der Waals surface area contributed by atoms with Gasteiger partial charge >= 0.3 is 0 Å². The molecule has 1 unspecified atom stereocenters. The van der Waals surface area contributed by atoms with Crippen molar-refractivity contribution in [3.8, 4) is 5.75 Å². The van der Waals surface area contributed by atoms with Gasteiger partial charge in [-0.1, -0.05) is 12.1 Å². The number of aliphatic hydroxyl groups excluding tert-OH is 1. The summed E-state index contributed by atoms with van der Waals surface area (Å²) in [5, 5.41) is 18.2. The molecule has 0 aromatic heterocycles. The molecule has 4 N–H and O–H groups in total. The van der Waals surface area contributed by atoms with Gasteiger partial charge in [0.1, 0.15) is 5.75 Å². The molecule has 0 spiro atoms. The van der Waals surface area contributed by atoms with Crippen LogP contribution in [0.1, 0.15) is 11.6 Å². The first-order chi connectivity index (χ1) is 5.66. The van der Waals surface area contributed by atoms with Crippen molar-refractivity contribution in [2.24, 2.45) is 5.73 Å². The number of halogens is 1. The van der Waals surface area contributed by atoms with Crippen LogP contribution >= 0.6 is 15.9 Å². The number of aromatic hydroxyl groups is 1. The first-order valence-electron chi connectivity index (χ1n) is 3.50. The van der Waals surface area contributed by atoms with Gasteiger partial charge < -0.3 is 15.9 Å². The third-order valence-corrected chi connectivity index (χ3v) is 2.25. The fraction of sp³-hybridized carbons (Fsp3) is 0.250. The van der Waals surface area contributed by atoms with Crippen LogP contribution in [0, 0.1) is 0 Å². The third-order valence-electron chi connectivity index (χ3n) is 1.61. The number of hydrogen-bond acceptors (Lipinski definition) is 3. The lowest BCUT2D eigenvalue weighted by atomic mass is 10.1. The van der Waals surface area contributed by atoms with E-state index < -0.39 is 6.04 Å². The van der Waals surface area contributed by atoms with E-state index in [-0.39, 0.29) is 12.4 Å². The van der Waals surface area contributed by atoms with E-state index in [9.17, 15) is 5.11 Å². The monoisotopic (exact) mass is 231 g/mol. The van der Waals surface area contributed by atoms with Crippen LogP contribution in [0.25, 0.3) is 0 Å². The van der Waals surface area contributed by atoms with Gasteiger partial charge in [-0.25, -0.2) is 0 Å². The Balaban J connectivity index is 3.07. The van der Waals surface area contributed by atoms with E-state index in [1.165, 1.54) is 0 Å². The third kappa shape index (κ3) is 1.77. The van der Waals surface area contributed by atoms with Crippen LogP contribution in [-0.2, 0) is 0 Å². The highest BCUT2D eigenvalue weighted by atomic mass is 79.9. The van der Waals surface area contributed by atoms with Crippen molar-refractivity contribution in [3.05, 3.63) is 28.2 Å². The molecule has 1 aromatic carbocycles. The number of phenolic OH excluding ortho intramolecular Hbond substituents is 1. The van der Waals surface area contributed by atoms with Crippen molar-refractivity contribution in [3.63, 3.8) is 0 Å². The Labute approximate surface area is 79.0 Å². The quantitative estimate of drug-likeness (QED) is 0.716. The van der Waals surface area contributed by atoms with Gasteiger partial charge in [0.05, 0.1) is 17.1 Å². The molecule has 0 saturated carbocycles. The van der Waals surface area contributed by atoms with Crippen LogP contribution in [-0.4, -0.2) is 16.8 Å². The second-order valence-corrected chi connectivity index (χ2v) is 3.32. The maximum Gasteiger partial charge on any atom is 0.134 e. The summed E-state index contributed by atoms with van der Waals surface area (Å²) in [4.78, 5) is 0. The molecule has 12 heavy (non-hydrogen) atoms. The minimum absolute atomic E-state index is 0.0963. The molecule has 0 heterocycles. The van der Waals surface area contributed by atoms with E-state index in [2.05, 4.69) is 15.9 Å². The Kier molecular flexibility index (Phi) is 3.08. The van der Waals surface area contributed by atoms with Gasteiger partial charge in [-0.15, -0.1) is 0 Å². The lowest BCUT2D eigenvalue weighted by Crippen LogP contribution is -2.14. The Morgan fingerprint density at radius 3 is 2.75 bits per heavy atom. The Morgan fingerprint density at radius 2 is 2.17 bits per heavy atom. The number of hydrogen-bond donors (Lipinski definition) is 3. The number of rotatable bonds is 2. The fourth-order valence-electron chi connectivity index (χ4n) is 0.930. The van der Waals surface area contributed by atoms with Gasteiger partial charge in [0, 0.05) is 5.56 Å². The Morgan fingerprint density at radius 1 is 1.50 bits per heavy atom. The summed E-state index contributed by atoms with van der Waals surface area (Å²) in [6.07, 6.45) is 0. The van der Waals surface area contributed by atoms with E-state index in [1.54, 1.807) is 18.2 Å². The highest BCUT2D eigenvalue weighted by Crippen LogP contribution is 2.30. The molecule has 1 atom stereocenters. The largest absolute Gasteiger partial charge is 0.506 e. The van der Waals surface area contributed by atoms with Gasteiger partial charge in [-0.3, -0.25) is 0 Å². The highest BCUT2D eigenvalue weighted by Gasteiger charge is 2.10. The Hall–Kier alpha value is -0.580. The second-order valence-electron chi connectivity index (χ2n) is 2.47. The number of para-hydroxylation sites is 1. The van der Waals surface area contributed by atoms with E-state index in [1.807, 2.05) is 0 Å². The zero-order valence-electron chi connectivity index (χ0n) is 6.37. The molecule has 0 fully saturated rings. The topological polar surface area (TPSA) is 66.5 Å². The van der Waals surface area contributed by atoms with Crippen molar-refractivity contribution >= 4 is 15.9 Å². The summed E-state index contributed by atoms with van der Waals surface area (Å²) >= 11 is 3.16. The molecule has 0 saturated heterocycles. The molecule has 1 rings (SSSR count). The van der Waals surface area contributed by atoms with E-state index >= 15 is 0 Å². The minimum Gasteiger partial charge on any atom is -0.506 e. The molecule has 66 valence electrons. The zero-order valence-corrected chi connectivity index (χ0v) is 7.95. The van der Waals surface area contributed by atoms with E-state index in [0.717, 1.165) is 0 Å². The van der Waals surface area contributed by atoms with Crippen LogP contribution in [0.5, 0.6) is 5.75 Å². The first kappa shape index (κ1) is 9.51. The van der Waals surface area contributed by atoms with Crippen molar-refractivity contribution < 1.29 is 10.2 Å². The van der Waals surface area contributed by atoms with E-state index in [4.69, 9.17) is 10.8 Å². The summed E-state index contributed by atoms with van der Waals surface area (Å²) in [5.74, 6) is 0.0963. The fourth-order valence-corrected chi connectivity index (χ4v) is 1.31. The van der Waals surface area contributed by atoms with Crippen LogP contribution in [0.4, 0.5) is 0 Å². The summed E-state index contributed by atoms with van der Waals surface area (Å²) in [7, 11) is 0. The lowest BCUT2D eigenvalue weighted by Gasteiger charge is -2.10. The van der Waals surface area contributed by atoms with Gasteiger partial charge in [0.25, 0.3) is 0 Å². The highest BCUT2D eigenvalue weighted by molar-refractivity contribution is 9.10. The lowest BCUT2D eigenvalue weighted by molar-refractivity contribution is 0.265. The first-order valence-corrected chi connectivity index (χ1v) is 4.30. The van der Waals surface area contributed by atoms with Crippen LogP contribution in [0.3, 0.4) is 0 Å². The molecule has 1 aromatic rings. The SMILES string of the molecule is NC(CO)c1cccc(Br)c1O. The average Bonchev–Trinajstić information content (AvgIpc) is 2.08. The van der Waals surface area contributed by atoms with Crippen molar-refractivity contribution in [1.29, 1.82) is 0 Å². The number of phenols is 1. The molecule has 0 aliphatic rings. The van der Waals surface area contributed by atoms with Gasteiger partial charge in [-0.2, -0.15) is 0 Å². The molecule has 3 nitrogen and oxygen atoms in total. The molecule has 0 bridgehead atoms. The number of benzene rings is 1. The Bertz CT molecular complexity index is 278. The van der Waals surface area contributed by atoms with Crippen molar-refractivity contribution in [2.45, 2.75) is 6.04 Å². The molecular weight excluding hydrogens is 222 g/mol. The average molecular weight is 232 g/mol. The van der Waals surface area contributed by atoms with Crippen LogP contribution in [0.2, 0.25) is 0 Å². The molecule has 0 amide bonds. The normalized spacial score (nSPS) is 12.9. The van der Waals surface area contributed by atoms with Crippen molar-refractivity contribution in [1.82, 2.24) is 0 Å². The summed E-state index contributed by atoms with van der Waals surface area (Å²) in [6, 6.07) is 4.63. The second kappa shape index (κ2) is 3.89. The number of nitrogens with two attached hydrogens (primary N) is 1. The van der Waals surface area contributed by atoms with Crippen molar-refractivity contribution in [2.75, 3.05) is 6.61 Å². The number of aliphatic hydroxyl groups is 1. The summed E-state index contributed by atoms with van der Waals surface area (Å²) in [5.41, 5.74) is 6.08. The molecule has 0 aliphatic heterocycles. The maximum atomic E-state index is 9.46. The zero-order chi connectivity index (χ0) is 9.14. The van der Waals surface area contributed by atoms with Gasteiger partial charge in [0.2, 0.25) is 0 Å². The van der Waals surface area contributed by atoms with Crippen LogP contribution < -0.4 is 5.73 Å². The molecular formula is C8H10BrNO2. The minimum atomic E-state index is -0.525. The summed E-state index contributed by atoms with van der Waals surface area (Å²) < 4.78 is 0.587. The predicted octanol–water partition coefficient (Wildman–Crippen LogP) is 1.15. The smallest absolute Gasteiger partial charge is 0.134 e. The summed E-state index contributed by atoms with van der Waals surface area (Å²) in [6.45, 7) is -0.177. The van der Waals surface area contributed by atoms with Crippen LogP contribution in [0.15, 0.2) is 22.7 Å².